The van der Waals surface area contributed by atoms with Crippen LogP contribution in [0.5, 0.6) is 11.5 Å². The van der Waals surface area contributed by atoms with Gasteiger partial charge < -0.3 is 4.74 Å². The van der Waals surface area contributed by atoms with E-state index in [2.05, 4.69) is 31.2 Å². The number of benzene rings is 2. The van der Waals surface area contributed by atoms with Crippen molar-refractivity contribution in [1.29, 1.82) is 0 Å². The predicted octanol–water partition coefficient (Wildman–Crippen LogP) is 4.34. The van der Waals surface area contributed by atoms with E-state index < -0.39 is 6.04 Å². The van der Waals surface area contributed by atoms with Gasteiger partial charge in [0.05, 0.1) is 6.54 Å². The Morgan fingerprint density at radius 3 is 2.30 bits per heavy atom. The maximum Gasteiger partial charge on any atom is 0.137 e. The normalized spacial score (nSPS) is 11.9. The Bertz CT molecular complexity index is 758. The SMILES string of the molecule is O=NC(Cn1cncn1)c1ccc(Oc2ccc(Br)cc2)cc1. The van der Waals surface area contributed by atoms with Crippen molar-refractivity contribution in [2.45, 2.75) is 12.6 Å². The minimum Gasteiger partial charge on any atom is -0.457 e. The largest absolute Gasteiger partial charge is 0.457 e. The van der Waals surface area contributed by atoms with Crippen LogP contribution in [0.15, 0.2) is 70.8 Å². The minimum atomic E-state index is -0.515. The van der Waals surface area contributed by atoms with Crippen LogP contribution in [0.4, 0.5) is 0 Å². The second-order valence-corrected chi connectivity index (χ2v) is 5.78. The van der Waals surface area contributed by atoms with Gasteiger partial charge in [-0.1, -0.05) is 33.2 Å². The Balaban J connectivity index is 1.70. The second-order valence-electron chi connectivity index (χ2n) is 4.86. The average Bonchev–Trinajstić information content (AvgIpc) is 3.09. The van der Waals surface area contributed by atoms with Gasteiger partial charge in [0.15, 0.2) is 0 Å². The van der Waals surface area contributed by atoms with Gasteiger partial charge in [0.25, 0.3) is 0 Å². The molecule has 1 aromatic heterocycles. The van der Waals surface area contributed by atoms with Gasteiger partial charge in [-0.3, -0.25) is 4.68 Å². The molecule has 0 aliphatic rings. The minimum absolute atomic E-state index is 0.358. The number of rotatable bonds is 6. The first-order valence-electron chi connectivity index (χ1n) is 6.93. The molecule has 0 radical (unpaired) electrons. The summed E-state index contributed by atoms with van der Waals surface area (Å²) in [7, 11) is 0. The maximum atomic E-state index is 11.1. The van der Waals surface area contributed by atoms with Gasteiger partial charge in [0, 0.05) is 4.47 Å². The summed E-state index contributed by atoms with van der Waals surface area (Å²) in [4.78, 5) is 14.9. The van der Waals surface area contributed by atoms with Crippen molar-refractivity contribution < 1.29 is 4.74 Å². The summed E-state index contributed by atoms with van der Waals surface area (Å²) in [5.41, 5.74) is 0.804. The maximum absolute atomic E-state index is 11.1. The quantitative estimate of drug-likeness (QED) is 0.603. The van der Waals surface area contributed by atoms with Crippen molar-refractivity contribution in [3.8, 4) is 11.5 Å². The molecule has 23 heavy (non-hydrogen) atoms. The third kappa shape index (κ3) is 4.01. The first-order valence-corrected chi connectivity index (χ1v) is 7.72. The van der Waals surface area contributed by atoms with Crippen molar-refractivity contribution in [2.24, 2.45) is 5.18 Å². The number of ether oxygens (including phenoxy) is 1. The van der Waals surface area contributed by atoms with E-state index >= 15 is 0 Å². The van der Waals surface area contributed by atoms with E-state index in [1.807, 2.05) is 48.5 Å². The summed E-state index contributed by atoms with van der Waals surface area (Å²) >= 11 is 3.38. The van der Waals surface area contributed by atoms with Crippen molar-refractivity contribution in [1.82, 2.24) is 14.8 Å². The zero-order chi connectivity index (χ0) is 16.1. The average molecular weight is 373 g/mol. The Morgan fingerprint density at radius 1 is 1.09 bits per heavy atom. The zero-order valence-corrected chi connectivity index (χ0v) is 13.6. The van der Waals surface area contributed by atoms with Crippen LogP contribution in [-0.2, 0) is 6.54 Å². The van der Waals surface area contributed by atoms with E-state index in [-0.39, 0.29) is 0 Å². The van der Waals surface area contributed by atoms with Crippen LogP contribution in [0.2, 0.25) is 0 Å². The van der Waals surface area contributed by atoms with Crippen LogP contribution in [0.1, 0.15) is 11.6 Å². The number of hydrogen-bond acceptors (Lipinski definition) is 5. The van der Waals surface area contributed by atoms with Gasteiger partial charge in [-0.15, -0.1) is 0 Å². The highest BCUT2D eigenvalue weighted by molar-refractivity contribution is 9.10. The third-order valence-corrected chi connectivity index (χ3v) is 3.80. The summed E-state index contributed by atoms with van der Waals surface area (Å²) in [5.74, 6) is 1.44. The van der Waals surface area contributed by atoms with E-state index in [0.29, 0.717) is 12.3 Å². The lowest BCUT2D eigenvalue weighted by molar-refractivity contribution is 0.481. The van der Waals surface area contributed by atoms with Gasteiger partial charge in [0.1, 0.15) is 30.2 Å². The van der Waals surface area contributed by atoms with Gasteiger partial charge in [-0.05, 0) is 42.0 Å². The fraction of sp³-hybridized carbons (Fsp3) is 0.125. The molecule has 116 valence electrons. The number of halogens is 1. The molecule has 0 aliphatic heterocycles. The van der Waals surface area contributed by atoms with Gasteiger partial charge in [-0.25, -0.2) is 4.98 Å². The standard InChI is InChI=1S/C16H13BrN4O2/c17-13-3-7-15(8-4-13)23-14-5-1-12(2-6-14)16(20-22)9-21-11-18-10-19-21/h1-8,10-11,16H,9H2. The van der Waals surface area contributed by atoms with Crippen LogP contribution in [0, 0.1) is 4.91 Å². The molecule has 3 aromatic rings. The summed E-state index contributed by atoms with van der Waals surface area (Å²) < 4.78 is 8.33. The van der Waals surface area contributed by atoms with Crippen LogP contribution in [0.3, 0.4) is 0 Å². The molecule has 0 fully saturated rings. The molecule has 7 heteroatoms. The lowest BCUT2D eigenvalue weighted by atomic mass is 10.1. The Morgan fingerprint density at radius 2 is 1.74 bits per heavy atom. The highest BCUT2D eigenvalue weighted by Crippen LogP contribution is 2.26. The number of hydrogen-bond donors (Lipinski definition) is 0. The van der Waals surface area contributed by atoms with Crippen LogP contribution in [0.25, 0.3) is 0 Å². The zero-order valence-electron chi connectivity index (χ0n) is 12.0. The molecule has 2 aromatic carbocycles. The topological polar surface area (TPSA) is 69.4 Å². The van der Waals surface area contributed by atoms with Crippen LogP contribution < -0.4 is 4.74 Å². The van der Waals surface area contributed by atoms with Crippen LogP contribution in [-0.4, -0.2) is 14.8 Å². The van der Waals surface area contributed by atoms with Gasteiger partial charge >= 0.3 is 0 Å². The summed E-state index contributed by atoms with van der Waals surface area (Å²) in [6.45, 7) is 0.358. The number of nitroso groups, excluding NO2 is 1. The fourth-order valence-corrected chi connectivity index (χ4v) is 2.36. The molecule has 1 atom stereocenters. The second kappa shape index (κ2) is 7.15. The molecule has 0 N–H and O–H groups in total. The summed E-state index contributed by atoms with van der Waals surface area (Å²) in [6, 6.07) is 14.3. The van der Waals surface area contributed by atoms with E-state index in [4.69, 9.17) is 4.74 Å². The predicted molar refractivity (Wildman–Crippen MR) is 89.2 cm³/mol. The molecule has 3 rings (SSSR count). The molecular weight excluding hydrogens is 360 g/mol. The van der Waals surface area contributed by atoms with Crippen molar-refractivity contribution in [3.63, 3.8) is 0 Å². The molecule has 6 nitrogen and oxygen atoms in total. The third-order valence-electron chi connectivity index (χ3n) is 3.27. The smallest absolute Gasteiger partial charge is 0.137 e. The van der Waals surface area contributed by atoms with E-state index in [1.54, 1.807) is 11.0 Å². The Hall–Kier alpha value is -2.54. The van der Waals surface area contributed by atoms with Gasteiger partial charge in [-0.2, -0.15) is 10.0 Å². The van der Waals surface area contributed by atoms with E-state index in [1.165, 1.54) is 6.33 Å². The molecule has 0 bridgehead atoms. The van der Waals surface area contributed by atoms with Crippen molar-refractivity contribution in [3.05, 3.63) is 76.1 Å². The van der Waals surface area contributed by atoms with Crippen molar-refractivity contribution in [2.75, 3.05) is 0 Å². The molecule has 1 unspecified atom stereocenters. The first kappa shape index (κ1) is 15.4. The summed E-state index contributed by atoms with van der Waals surface area (Å²) in [5, 5.41) is 7.16. The molecule has 0 spiro atoms. The summed E-state index contributed by atoms with van der Waals surface area (Å²) in [6.07, 6.45) is 2.99. The van der Waals surface area contributed by atoms with Gasteiger partial charge in [0.2, 0.25) is 0 Å². The number of aromatic nitrogens is 3. The number of nitrogens with zero attached hydrogens (tertiary/aromatic N) is 4. The van der Waals surface area contributed by atoms with Crippen LogP contribution >= 0.6 is 15.9 Å². The van der Waals surface area contributed by atoms with E-state index in [0.717, 1.165) is 15.8 Å². The Labute approximate surface area is 141 Å². The van der Waals surface area contributed by atoms with Crippen molar-refractivity contribution >= 4 is 15.9 Å². The first-order chi connectivity index (χ1) is 11.2. The fourth-order valence-electron chi connectivity index (χ4n) is 2.10. The molecule has 1 heterocycles. The molecule has 0 aliphatic carbocycles. The molecule has 0 saturated heterocycles. The highest BCUT2D eigenvalue weighted by atomic mass is 79.9. The lowest BCUT2D eigenvalue weighted by Gasteiger charge is -2.11. The monoisotopic (exact) mass is 372 g/mol. The highest BCUT2D eigenvalue weighted by Gasteiger charge is 2.13. The lowest BCUT2D eigenvalue weighted by Crippen LogP contribution is -2.07. The van der Waals surface area contributed by atoms with E-state index in [9.17, 15) is 4.91 Å². The molecule has 0 amide bonds. The molecule has 0 saturated carbocycles. The molecular formula is C16H13BrN4O2. The Kier molecular flexibility index (Phi) is 4.77.